The average molecular weight is 290 g/mol. The second-order valence-corrected chi connectivity index (χ2v) is 4.41. The molecule has 0 saturated carbocycles. The van der Waals surface area contributed by atoms with Gasteiger partial charge in [0, 0.05) is 17.4 Å². The predicted molar refractivity (Wildman–Crippen MR) is 74.8 cm³/mol. The maximum Gasteiger partial charge on any atom is 0.314 e. The van der Waals surface area contributed by atoms with Gasteiger partial charge in [0.05, 0.1) is 0 Å². The van der Waals surface area contributed by atoms with Gasteiger partial charge in [-0.15, -0.1) is 0 Å². The zero-order valence-electron chi connectivity index (χ0n) is 11.1. The number of nitrogens with one attached hydrogen (secondary N) is 2. The molecule has 0 fully saturated rings. The van der Waals surface area contributed by atoms with Crippen molar-refractivity contribution in [3.8, 4) is 0 Å². The highest BCUT2D eigenvalue weighted by Crippen LogP contribution is 2.13. The molecule has 6 heteroatoms. The number of carbonyl (C=O) groups excluding carboxylic acids is 2. The van der Waals surface area contributed by atoms with Crippen molar-refractivity contribution in [2.24, 2.45) is 0 Å². The first kappa shape index (κ1) is 14.6. The molecule has 0 radical (unpaired) electrons. The lowest BCUT2D eigenvalue weighted by atomic mass is 10.2. The van der Waals surface area contributed by atoms with Gasteiger partial charge in [0.15, 0.2) is 11.6 Å². The van der Waals surface area contributed by atoms with Crippen molar-refractivity contribution < 1.29 is 18.4 Å². The van der Waals surface area contributed by atoms with Crippen LogP contribution in [0.15, 0.2) is 42.5 Å². The summed E-state index contributed by atoms with van der Waals surface area (Å²) in [4.78, 5) is 23.3. The standard InChI is InChI=1S/C15H12F2N2O2/c1-9-3-2-4-10(7-9)18-14(20)15(21)19-11-5-6-12(16)13(17)8-11/h2-8H,1H3,(H,18,20)(H,19,21). The lowest BCUT2D eigenvalue weighted by Crippen LogP contribution is -2.29. The molecule has 21 heavy (non-hydrogen) atoms. The molecule has 0 spiro atoms. The smallest absolute Gasteiger partial charge is 0.314 e. The molecule has 0 aromatic heterocycles. The second kappa shape index (κ2) is 6.13. The van der Waals surface area contributed by atoms with Gasteiger partial charge in [-0.1, -0.05) is 12.1 Å². The zero-order valence-corrected chi connectivity index (χ0v) is 11.1. The Bertz CT molecular complexity index is 702. The number of amides is 2. The van der Waals surface area contributed by atoms with Gasteiger partial charge in [0.25, 0.3) is 0 Å². The fraction of sp³-hybridized carbons (Fsp3) is 0.0667. The van der Waals surface area contributed by atoms with Crippen LogP contribution < -0.4 is 10.6 Å². The molecule has 0 saturated heterocycles. The van der Waals surface area contributed by atoms with Crippen LogP contribution in [-0.2, 0) is 9.59 Å². The first-order chi connectivity index (χ1) is 9.95. The molecule has 2 aromatic carbocycles. The van der Waals surface area contributed by atoms with Crippen LogP contribution in [0, 0.1) is 18.6 Å². The maximum atomic E-state index is 13.0. The van der Waals surface area contributed by atoms with Gasteiger partial charge in [-0.2, -0.15) is 0 Å². The molecule has 4 nitrogen and oxygen atoms in total. The van der Waals surface area contributed by atoms with Gasteiger partial charge in [0.1, 0.15) is 0 Å². The Morgan fingerprint density at radius 1 is 0.857 bits per heavy atom. The summed E-state index contributed by atoms with van der Waals surface area (Å²) in [7, 11) is 0. The van der Waals surface area contributed by atoms with Crippen molar-refractivity contribution in [1.82, 2.24) is 0 Å². The lowest BCUT2D eigenvalue weighted by molar-refractivity contribution is -0.133. The van der Waals surface area contributed by atoms with E-state index < -0.39 is 23.4 Å². The summed E-state index contributed by atoms with van der Waals surface area (Å²) < 4.78 is 25.7. The predicted octanol–water partition coefficient (Wildman–Crippen LogP) is 2.85. The minimum absolute atomic E-state index is 0.00158. The zero-order chi connectivity index (χ0) is 15.4. The number of aryl methyl sites for hydroxylation is 1. The first-order valence-corrected chi connectivity index (χ1v) is 6.10. The van der Waals surface area contributed by atoms with Crippen molar-refractivity contribution >= 4 is 23.2 Å². The summed E-state index contributed by atoms with van der Waals surface area (Å²) in [5.74, 6) is -4.00. The van der Waals surface area contributed by atoms with Crippen LogP contribution in [0.5, 0.6) is 0 Å². The molecule has 0 aliphatic rings. The normalized spacial score (nSPS) is 10.0. The Labute approximate surface area is 119 Å². The second-order valence-electron chi connectivity index (χ2n) is 4.41. The highest BCUT2D eigenvalue weighted by Gasteiger charge is 2.15. The molecule has 0 heterocycles. The lowest BCUT2D eigenvalue weighted by Gasteiger charge is -2.07. The van der Waals surface area contributed by atoms with Crippen molar-refractivity contribution in [3.63, 3.8) is 0 Å². The Morgan fingerprint density at radius 3 is 2.05 bits per heavy atom. The Balaban J connectivity index is 2.02. The van der Waals surface area contributed by atoms with E-state index in [1.807, 2.05) is 13.0 Å². The monoisotopic (exact) mass is 290 g/mol. The van der Waals surface area contributed by atoms with E-state index in [9.17, 15) is 18.4 Å². The molecule has 2 amide bonds. The van der Waals surface area contributed by atoms with E-state index in [1.54, 1.807) is 18.2 Å². The summed E-state index contributed by atoms with van der Waals surface area (Å²) in [5, 5.41) is 4.60. The highest BCUT2D eigenvalue weighted by molar-refractivity contribution is 6.43. The molecular weight excluding hydrogens is 278 g/mol. The van der Waals surface area contributed by atoms with Crippen LogP contribution in [-0.4, -0.2) is 11.8 Å². The molecule has 0 aliphatic heterocycles. The first-order valence-electron chi connectivity index (χ1n) is 6.10. The Morgan fingerprint density at radius 2 is 1.48 bits per heavy atom. The number of hydrogen-bond donors (Lipinski definition) is 2. The minimum atomic E-state index is -1.10. The Hall–Kier alpha value is -2.76. The van der Waals surface area contributed by atoms with Crippen molar-refractivity contribution in [2.45, 2.75) is 6.92 Å². The van der Waals surface area contributed by atoms with E-state index in [1.165, 1.54) is 0 Å². The van der Waals surface area contributed by atoms with Crippen molar-refractivity contribution in [3.05, 3.63) is 59.7 Å². The number of hydrogen-bond acceptors (Lipinski definition) is 2. The van der Waals surface area contributed by atoms with Gasteiger partial charge in [-0.3, -0.25) is 9.59 Å². The van der Waals surface area contributed by atoms with Crippen LogP contribution in [0.3, 0.4) is 0 Å². The number of carbonyl (C=O) groups is 2. The maximum absolute atomic E-state index is 13.0. The van der Waals surface area contributed by atoms with Crippen LogP contribution in [0.25, 0.3) is 0 Å². The van der Waals surface area contributed by atoms with E-state index in [2.05, 4.69) is 10.6 Å². The Kier molecular flexibility index (Phi) is 4.27. The van der Waals surface area contributed by atoms with Crippen LogP contribution in [0.2, 0.25) is 0 Å². The van der Waals surface area contributed by atoms with Crippen LogP contribution in [0.4, 0.5) is 20.2 Å². The summed E-state index contributed by atoms with van der Waals surface area (Å²) in [5.41, 5.74) is 1.40. The summed E-state index contributed by atoms with van der Waals surface area (Å²) in [6, 6.07) is 9.74. The molecular formula is C15H12F2N2O2. The number of anilines is 2. The van der Waals surface area contributed by atoms with Crippen molar-refractivity contribution in [1.29, 1.82) is 0 Å². The summed E-state index contributed by atoms with van der Waals surface area (Å²) in [6.45, 7) is 1.84. The summed E-state index contributed by atoms with van der Waals surface area (Å²) in [6.07, 6.45) is 0. The molecule has 2 rings (SSSR count). The quantitative estimate of drug-likeness (QED) is 0.836. The van der Waals surface area contributed by atoms with Gasteiger partial charge >= 0.3 is 11.8 Å². The van der Waals surface area contributed by atoms with Crippen LogP contribution >= 0.6 is 0 Å². The highest BCUT2D eigenvalue weighted by atomic mass is 19.2. The molecule has 0 unspecified atom stereocenters. The minimum Gasteiger partial charge on any atom is -0.318 e. The number of rotatable bonds is 2. The van der Waals surface area contributed by atoms with Gasteiger partial charge in [-0.25, -0.2) is 8.78 Å². The molecule has 0 aliphatic carbocycles. The average Bonchev–Trinajstić information content (AvgIpc) is 2.43. The number of benzene rings is 2. The fourth-order valence-electron chi connectivity index (χ4n) is 1.67. The molecule has 2 aromatic rings. The largest absolute Gasteiger partial charge is 0.318 e. The SMILES string of the molecule is Cc1cccc(NC(=O)C(=O)Nc2ccc(F)c(F)c2)c1. The molecule has 2 N–H and O–H groups in total. The third-order valence-corrected chi connectivity index (χ3v) is 2.66. The van der Waals surface area contributed by atoms with E-state index in [0.717, 1.165) is 23.8 Å². The van der Waals surface area contributed by atoms with Crippen molar-refractivity contribution in [2.75, 3.05) is 10.6 Å². The number of halogens is 2. The third kappa shape index (κ3) is 3.85. The summed E-state index contributed by atoms with van der Waals surface area (Å²) >= 11 is 0. The van der Waals surface area contributed by atoms with E-state index in [4.69, 9.17) is 0 Å². The van der Waals surface area contributed by atoms with E-state index >= 15 is 0 Å². The van der Waals surface area contributed by atoms with Gasteiger partial charge < -0.3 is 10.6 Å². The fourth-order valence-corrected chi connectivity index (χ4v) is 1.67. The molecule has 0 atom stereocenters. The van der Waals surface area contributed by atoms with Gasteiger partial charge in [-0.05, 0) is 36.8 Å². The third-order valence-electron chi connectivity index (χ3n) is 2.66. The molecule has 108 valence electrons. The molecule has 0 bridgehead atoms. The van der Waals surface area contributed by atoms with E-state index in [-0.39, 0.29) is 5.69 Å². The topological polar surface area (TPSA) is 58.2 Å². The van der Waals surface area contributed by atoms with E-state index in [0.29, 0.717) is 5.69 Å². The van der Waals surface area contributed by atoms with Crippen LogP contribution in [0.1, 0.15) is 5.56 Å². The van der Waals surface area contributed by atoms with Gasteiger partial charge in [0.2, 0.25) is 0 Å².